The maximum Gasteiger partial charge on any atom is 0.0990 e. The van der Waals surface area contributed by atoms with E-state index in [1.165, 1.54) is 16.0 Å². The van der Waals surface area contributed by atoms with Crippen molar-refractivity contribution >= 4 is 11.3 Å². The van der Waals surface area contributed by atoms with Crippen LogP contribution in [0.4, 0.5) is 0 Å². The summed E-state index contributed by atoms with van der Waals surface area (Å²) in [4.78, 5) is 2.36. The average molecular weight is 287 g/mol. The molecule has 0 amide bonds. The molecule has 0 bridgehead atoms. The molecule has 1 aromatic heterocycles. The molecule has 0 radical (unpaired) electrons. The minimum absolute atomic E-state index is 0.313. The van der Waals surface area contributed by atoms with E-state index in [1.54, 1.807) is 11.3 Å². The summed E-state index contributed by atoms with van der Waals surface area (Å²) < 4.78 is 0. The predicted molar refractivity (Wildman–Crippen MR) is 84.2 cm³/mol. The monoisotopic (exact) mass is 287 g/mol. The van der Waals surface area contributed by atoms with Gasteiger partial charge in [-0.2, -0.15) is 0 Å². The number of benzene rings is 1. The summed E-state index contributed by atoms with van der Waals surface area (Å²) in [5.74, 6) is 0. The standard InChI is InChI=1S/C17H21NOS/c1-2-13-7-8-15(20-13)16(19)17(11-18)10-9-12-5-3-4-6-14(12)17/h3-8,16,19H,2,9-11,18H2,1H3. The summed E-state index contributed by atoms with van der Waals surface area (Å²) in [6.07, 6.45) is 2.46. The van der Waals surface area contributed by atoms with Gasteiger partial charge in [-0.1, -0.05) is 31.2 Å². The minimum atomic E-state index is -0.499. The zero-order chi connectivity index (χ0) is 14.2. The van der Waals surface area contributed by atoms with E-state index >= 15 is 0 Å². The van der Waals surface area contributed by atoms with E-state index < -0.39 is 6.10 Å². The normalized spacial score (nSPS) is 22.8. The number of fused-ring (bicyclic) bond motifs is 1. The Morgan fingerprint density at radius 2 is 2.10 bits per heavy atom. The molecule has 0 spiro atoms. The molecule has 20 heavy (non-hydrogen) atoms. The summed E-state index contributed by atoms with van der Waals surface area (Å²) >= 11 is 1.71. The first kappa shape index (κ1) is 13.8. The van der Waals surface area contributed by atoms with Crippen molar-refractivity contribution in [1.29, 1.82) is 0 Å². The molecule has 2 aromatic rings. The molecule has 106 valence electrons. The maximum absolute atomic E-state index is 11.0. The Morgan fingerprint density at radius 3 is 2.80 bits per heavy atom. The van der Waals surface area contributed by atoms with Gasteiger partial charge in [0.1, 0.15) is 0 Å². The lowest BCUT2D eigenvalue weighted by Gasteiger charge is -2.33. The van der Waals surface area contributed by atoms with E-state index in [4.69, 9.17) is 5.73 Å². The molecule has 0 saturated heterocycles. The van der Waals surface area contributed by atoms with Crippen molar-refractivity contribution in [1.82, 2.24) is 0 Å². The number of hydrogen-bond acceptors (Lipinski definition) is 3. The summed E-state index contributed by atoms with van der Waals surface area (Å²) in [7, 11) is 0. The van der Waals surface area contributed by atoms with Crippen molar-refractivity contribution in [2.45, 2.75) is 37.7 Å². The van der Waals surface area contributed by atoms with Crippen LogP contribution in [0.3, 0.4) is 0 Å². The highest BCUT2D eigenvalue weighted by Gasteiger charge is 2.44. The first-order valence-electron chi connectivity index (χ1n) is 7.26. The molecule has 3 rings (SSSR count). The highest BCUT2D eigenvalue weighted by molar-refractivity contribution is 7.12. The number of aryl methyl sites for hydroxylation is 2. The fraction of sp³-hybridized carbons (Fsp3) is 0.412. The summed E-state index contributed by atoms with van der Waals surface area (Å²) in [6, 6.07) is 12.6. The van der Waals surface area contributed by atoms with Crippen LogP contribution in [0.2, 0.25) is 0 Å². The predicted octanol–water partition coefficient (Wildman–Crippen LogP) is 3.19. The van der Waals surface area contributed by atoms with E-state index in [2.05, 4.69) is 37.3 Å². The van der Waals surface area contributed by atoms with Crippen molar-refractivity contribution in [2.75, 3.05) is 6.54 Å². The molecule has 3 heteroatoms. The largest absolute Gasteiger partial charge is 0.387 e. The van der Waals surface area contributed by atoms with Crippen LogP contribution in [-0.4, -0.2) is 11.7 Å². The highest BCUT2D eigenvalue weighted by Crippen LogP contribution is 2.47. The molecule has 0 fully saturated rings. The second-order valence-electron chi connectivity index (χ2n) is 5.58. The van der Waals surface area contributed by atoms with E-state index in [9.17, 15) is 5.11 Å². The highest BCUT2D eigenvalue weighted by atomic mass is 32.1. The van der Waals surface area contributed by atoms with Gasteiger partial charge in [0.15, 0.2) is 0 Å². The summed E-state index contributed by atoms with van der Waals surface area (Å²) in [5, 5.41) is 11.0. The zero-order valence-corrected chi connectivity index (χ0v) is 12.6. The maximum atomic E-state index is 11.0. The molecule has 0 saturated carbocycles. The molecule has 2 atom stereocenters. The van der Waals surface area contributed by atoms with Crippen LogP contribution >= 0.6 is 11.3 Å². The second-order valence-corrected chi connectivity index (χ2v) is 6.78. The molecule has 1 aliphatic carbocycles. The lowest BCUT2D eigenvalue weighted by atomic mass is 9.76. The fourth-order valence-electron chi connectivity index (χ4n) is 3.33. The summed E-state index contributed by atoms with van der Waals surface area (Å²) in [5.41, 5.74) is 8.37. The Kier molecular flexibility index (Phi) is 3.67. The molecule has 0 aliphatic heterocycles. The Balaban J connectivity index is 2.02. The van der Waals surface area contributed by atoms with Crippen molar-refractivity contribution < 1.29 is 5.11 Å². The van der Waals surface area contributed by atoms with Gasteiger partial charge in [-0.25, -0.2) is 0 Å². The van der Waals surface area contributed by atoms with Gasteiger partial charge in [0.05, 0.1) is 6.10 Å². The molecular weight excluding hydrogens is 266 g/mol. The third-order valence-corrected chi connectivity index (χ3v) is 5.86. The topological polar surface area (TPSA) is 46.2 Å². The third kappa shape index (κ3) is 2.01. The molecule has 2 nitrogen and oxygen atoms in total. The van der Waals surface area contributed by atoms with Crippen molar-refractivity contribution in [3.8, 4) is 0 Å². The van der Waals surface area contributed by atoms with E-state index in [0.29, 0.717) is 6.54 Å². The van der Waals surface area contributed by atoms with Crippen molar-refractivity contribution in [2.24, 2.45) is 5.73 Å². The van der Waals surface area contributed by atoms with Crippen LogP contribution < -0.4 is 5.73 Å². The van der Waals surface area contributed by atoms with Gasteiger partial charge in [-0.15, -0.1) is 11.3 Å². The Hall–Kier alpha value is -1.16. The second kappa shape index (κ2) is 5.32. The van der Waals surface area contributed by atoms with Gasteiger partial charge in [0, 0.05) is 21.7 Å². The van der Waals surface area contributed by atoms with Crippen molar-refractivity contribution in [3.05, 3.63) is 57.3 Å². The van der Waals surface area contributed by atoms with Crippen LogP contribution in [0.15, 0.2) is 36.4 Å². The van der Waals surface area contributed by atoms with Gasteiger partial charge >= 0.3 is 0 Å². The molecule has 1 heterocycles. The van der Waals surface area contributed by atoms with Gasteiger partial charge in [0.25, 0.3) is 0 Å². The Labute approximate surface area is 124 Å². The van der Waals surface area contributed by atoms with Gasteiger partial charge in [-0.05, 0) is 42.5 Å². The fourth-order valence-corrected chi connectivity index (χ4v) is 4.38. The zero-order valence-electron chi connectivity index (χ0n) is 11.8. The van der Waals surface area contributed by atoms with Gasteiger partial charge in [-0.3, -0.25) is 0 Å². The number of nitrogens with two attached hydrogens (primary N) is 1. The Bertz CT molecular complexity index is 607. The Morgan fingerprint density at radius 1 is 1.30 bits per heavy atom. The lowest BCUT2D eigenvalue weighted by Crippen LogP contribution is -2.38. The number of aliphatic hydroxyl groups excluding tert-OH is 1. The first-order chi connectivity index (χ1) is 9.71. The average Bonchev–Trinajstić information content (AvgIpc) is 3.12. The van der Waals surface area contributed by atoms with Crippen molar-refractivity contribution in [3.63, 3.8) is 0 Å². The lowest BCUT2D eigenvalue weighted by molar-refractivity contribution is 0.0873. The number of rotatable bonds is 4. The molecular formula is C17H21NOS. The minimum Gasteiger partial charge on any atom is -0.387 e. The smallest absolute Gasteiger partial charge is 0.0990 e. The summed E-state index contributed by atoms with van der Waals surface area (Å²) in [6.45, 7) is 2.64. The van der Waals surface area contributed by atoms with Crippen LogP contribution in [0.25, 0.3) is 0 Å². The number of hydrogen-bond donors (Lipinski definition) is 2. The molecule has 1 aromatic carbocycles. The number of thiophene rings is 1. The molecule has 2 unspecified atom stereocenters. The quantitative estimate of drug-likeness (QED) is 0.907. The number of aliphatic hydroxyl groups is 1. The van der Waals surface area contributed by atoms with Crippen LogP contribution in [-0.2, 0) is 18.3 Å². The molecule has 3 N–H and O–H groups in total. The van der Waals surface area contributed by atoms with Gasteiger partial charge in [0.2, 0.25) is 0 Å². The van der Waals surface area contributed by atoms with E-state index in [-0.39, 0.29) is 5.41 Å². The van der Waals surface area contributed by atoms with Crippen LogP contribution in [0.1, 0.15) is 40.3 Å². The van der Waals surface area contributed by atoms with E-state index in [0.717, 1.165) is 24.1 Å². The van der Waals surface area contributed by atoms with E-state index in [1.807, 2.05) is 6.07 Å². The van der Waals surface area contributed by atoms with Gasteiger partial charge < -0.3 is 10.8 Å². The van der Waals surface area contributed by atoms with Crippen LogP contribution in [0.5, 0.6) is 0 Å². The third-order valence-electron chi connectivity index (χ3n) is 4.58. The molecule has 1 aliphatic rings. The first-order valence-corrected chi connectivity index (χ1v) is 8.08. The van der Waals surface area contributed by atoms with Crippen LogP contribution in [0, 0.1) is 0 Å². The SMILES string of the molecule is CCc1ccc(C(O)C2(CN)CCc3ccccc32)s1.